The van der Waals surface area contributed by atoms with Crippen molar-refractivity contribution in [2.75, 3.05) is 17.3 Å². The fourth-order valence-corrected chi connectivity index (χ4v) is 2.98. The molecular weight excluding hydrogens is 328 g/mol. The first-order valence-corrected chi connectivity index (χ1v) is 7.99. The van der Waals surface area contributed by atoms with Crippen molar-refractivity contribution >= 4 is 34.8 Å². The fraction of sp³-hybridized carbons (Fsp3) is 0.222. The van der Waals surface area contributed by atoms with Gasteiger partial charge in [-0.1, -0.05) is 17.7 Å². The Labute approximate surface area is 145 Å². The van der Waals surface area contributed by atoms with Crippen LogP contribution in [0.3, 0.4) is 0 Å². The molecule has 24 heavy (non-hydrogen) atoms. The minimum absolute atomic E-state index is 0.0635. The van der Waals surface area contributed by atoms with Crippen LogP contribution >= 0.6 is 11.6 Å². The quantitative estimate of drug-likeness (QED) is 0.923. The molecule has 1 unspecified atom stereocenters. The van der Waals surface area contributed by atoms with Crippen molar-refractivity contribution in [2.45, 2.75) is 18.9 Å². The van der Waals surface area contributed by atoms with Crippen LogP contribution in [0.25, 0.3) is 0 Å². The standard InChI is InChI=1S/C18H17ClN2O3/c1-24-15-7-5-14(6-8-15)21-16(9-10-17(21)22)18(23)20-13-4-2-3-12(19)11-13/h2-8,11,16H,9-10H2,1H3,(H,20,23). The van der Waals surface area contributed by atoms with Gasteiger partial charge in [0.1, 0.15) is 11.8 Å². The van der Waals surface area contributed by atoms with Crippen LogP contribution in [-0.2, 0) is 9.59 Å². The molecule has 5 nitrogen and oxygen atoms in total. The predicted octanol–water partition coefficient (Wildman–Crippen LogP) is 3.48. The smallest absolute Gasteiger partial charge is 0.247 e. The second-order valence-electron chi connectivity index (χ2n) is 5.52. The SMILES string of the molecule is COc1ccc(N2C(=O)CCC2C(=O)Nc2cccc(Cl)c2)cc1. The lowest BCUT2D eigenvalue weighted by Gasteiger charge is -2.24. The Morgan fingerprint density at radius 2 is 2.00 bits per heavy atom. The topological polar surface area (TPSA) is 58.6 Å². The lowest BCUT2D eigenvalue weighted by Crippen LogP contribution is -2.41. The minimum atomic E-state index is -0.537. The summed E-state index contributed by atoms with van der Waals surface area (Å²) in [5, 5.41) is 3.37. The van der Waals surface area contributed by atoms with E-state index in [1.165, 1.54) is 0 Å². The number of hydrogen-bond acceptors (Lipinski definition) is 3. The van der Waals surface area contributed by atoms with Crippen molar-refractivity contribution in [1.29, 1.82) is 0 Å². The average Bonchev–Trinajstić information content (AvgIpc) is 2.97. The van der Waals surface area contributed by atoms with E-state index in [9.17, 15) is 9.59 Å². The Hall–Kier alpha value is -2.53. The van der Waals surface area contributed by atoms with Crippen molar-refractivity contribution in [3.8, 4) is 5.75 Å². The van der Waals surface area contributed by atoms with Gasteiger partial charge < -0.3 is 10.1 Å². The summed E-state index contributed by atoms with van der Waals surface area (Å²) < 4.78 is 5.13. The highest BCUT2D eigenvalue weighted by Gasteiger charge is 2.37. The van der Waals surface area contributed by atoms with E-state index in [-0.39, 0.29) is 11.8 Å². The maximum atomic E-state index is 12.6. The molecule has 1 atom stereocenters. The van der Waals surface area contributed by atoms with Crippen LogP contribution in [-0.4, -0.2) is 25.0 Å². The largest absolute Gasteiger partial charge is 0.497 e. The molecule has 6 heteroatoms. The highest BCUT2D eigenvalue weighted by molar-refractivity contribution is 6.30. The molecule has 0 aliphatic carbocycles. The second kappa shape index (κ2) is 6.93. The van der Waals surface area contributed by atoms with Crippen LogP contribution < -0.4 is 15.0 Å². The van der Waals surface area contributed by atoms with Gasteiger partial charge in [-0.3, -0.25) is 14.5 Å². The molecule has 0 saturated carbocycles. The number of amides is 2. The molecular formula is C18H17ClN2O3. The normalized spacial score (nSPS) is 17.0. The third kappa shape index (κ3) is 3.36. The molecule has 1 aliphatic heterocycles. The molecule has 0 aromatic heterocycles. The Balaban J connectivity index is 1.80. The van der Waals surface area contributed by atoms with Gasteiger partial charge in [0, 0.05) is 22.8 Å². The van der Waals surface area contributed by atoms with Gasteiger partial charge in [0.05, 0.1) is 7.11 Å². The third-order valence-corrected chi connectivity index (χ3v) is 4.19. The first-order valence-electron chi connectivity index (χ1n) is 7.61. The van der Waals surface area contributed by atoms with Crippen LogP contribution in [0.4, 0.5) is 11.4 Å². The number of hydrogen-bond donors (Lipinski definition) is 1. The van der Waals surface area contributed by atoms with Crippen molar-refractivity contribution in [3.05, 3.63) is 53.6 Å². The Morgan fingerprint density at radius 1 is 1.25 bits per heavy atom. The van der Waals surface area contributed by atoms with E-state index < -0.39 is 6.04 Å². The minimum Gasteiger partial charge on any atom is -0.497 e. The van der Waals surface area contributed by atoms with Crippen LogP contribution in [0, 0.1) is 0 Å². The highest BCUT2D eigenvalue weighted by atomic mass is 35.5. The van der Waals surface area contributed by atoms with Crippen molar-refractivity contribution in [2.24, 2.45) is 0 Å². The Bertz CT molecular complexity index is 761. The number of carbonyl (C=O) groups is 2. The zero-order chi connectivity index (χ0) is 17.1. The molecule has 3 rings (SSSR count). The number of nitrogens with zero attached hydrogens (tertiary/aromatic N) is 1. The summed E-state index contributed by atoms with van der Waals surface area (Å²) in [6, 6.07) is 13.5. The first-order chi connectivity index (χ1) is 11.6. The summed E-state index contributed by atoms with van der Waals surface area (Å²) in [4.78, 5) is 26.4. The lowest BCUT2D eigenvalue weighted by atomic mass is 10.2. The molecule has 2 aromatic rings. The number of methoxy groups -OCH3 is 1. The molecule has 0 radical (unpaired) electrons. The van der Waals surface area contributed by atoms with E-state index in [1.54, 1.807) is 60.5 Å². The summed E-state index contributed by atoms with van der Waals surface area (Å²) in [5.74, 6) is 0.413. The molecule has 2 amide bonds. The molecule has 124 valence electrons. The van der Waals surface area contributed by atoms with Crippen LogP contribution in [0.5, 0.6) is 5.75 Å². The number of ether oxygens (including phenoxy) is 1. The summed E-state index contributed by atoms with van der Waals surface area (Å²) in [6.07, 6.45) is 0.830. The van der Waals surface area contributed by atoms with E-state index in [0.717, 1.165) is 0 Å². The lowest BCUT2D eigenvalue weighted by molar-refractivity contribution is -0.120. The predicted molar refractivity (Wildman–Crippen MR) is 93.6 cm³/mol. The number of anilines is 2. The van der Waals surface area contributed by atoms with Crippen LogP contribution in [0.15, 0.2) is 48.5 Å². The monoisotopic (exact) mass is 344 g/mol. The average molecular weight is 345 g/mol. The maximum absolute atomic E-state index is 12.6. The number of halogens is 1. The van der Waals surface area contributed by atoms with Gasteiger partial charge in [0.25, 0.3) is 0 Å². The molecule has 2 aromatic carbocycles. The zero-order valence-corrected chi connectivity index (χ0v) is 13.9. The fourth-order valence-electron chi connectivity index (χ4n) is 2.79. The summed E-state index contributed by atoms with van der Waals surface area (Å²) in [7, 11) is 1.58. The van der Waals surface area contributed by atoms with E-state index in [0.29, 0.717) is 35.0 Å². The van der Waals surface area contributed by atoms with Crippen molar-refractivity contribution < 1.29 is 14.3 Å². The van der Waals surface area contributed by atoms with Crippen molar-refractivity contribution in [3.63, 3.8) is 0 Å². The molecule has 1 saturated heterocycles. The van der Waals surface area contributed by atoms with E-state index in [2.05, 4.69) is 5.32 Å². The molecule has 0 bridgehead atoms. The van der Waals surface area contributed by atoms with Crippen LogP contribution in [0.1, 0.15) is 12.8 Å². The molecule has 1 aliphatic rings. The Morgan fingerprint density at radius 3 is 2.67 bits per heavy atom. The van der Waals surface area contributed by atoms with Gasteiger partial charge in [-0.15, -0.1) is 0 Å². The maximum Gasteiger partial charge on any atom is 0.247 e. The first kappa shape index (κ1) is 16.3. The Kier molecular flexibility index (Phi) is 4.71. The van der Waals surface area contributed by atoms with Gasteiger partial charge >= 0.3 is 0 Å². The van der Waals surface area contributed by atoms with Crippen LogP contribution in [0.2, 0.25) is 5.02 Å². The molecule has 1 fully saturated rings. The second-order valence-corrected chi connectivity index (χ2v) is 5.95. The van der Waals surface area contributed by atoms with Crippen molar-refractivity contribution in [1.82, 2.24) is 0 Å². The van der Waals surface area contributed by atoms with E-state index in [1.807, 2.05) is 0 Å². The highest BCUT2D eigenvalue weighted by Crippen LogP contribution is 2.29. The molecule has 0 spiro atoms. The van der Waals surface area contributed by atoms with Gasteiger partial charge in [-0.05, 0) is 48.9 Å². The summed E-state index contributed by atoms with van der Waals surface area (Å²) >= 11 is 5.94. The third-order valence-electron chi connectivity index (χ3n) is 3.96. The number of nitrogens with one attached hydrogen (secondary N) is 1. The van der Waals surface area contributed by atoms with Gasteiger partial charge in [0.15, 0.2) is 0 Å². The van der Waals surface area contributed by atoms with E-state index >= 15 is 0 Å². The van der Waals surface area contributed by atoms with Gasteiger partial charge in [-0.25, -0.2) is 0 Å². The number of rotatable bonds is 4. The van der Waals surface area contributed by atoms with Gasteiger partial charge in [0.2, 0.25) is 11.8 Å². The summed E-state index contributed by atoms with van der Waals surface area (Å²) in [6.45, 7) is 0. The van der Waals surface area contributed by atoms with E-state index in [4.69, 9.17) is 16.3 Å². The number of carbonyl (C=O) groups excluding carboxylic acids is 2. The molecule has 1 heterocycles. The zero-order valence-electron chi connectivity index (χ0n) is 13.2. The van der Waals surface area contributed by atoms with Gasteiger partial charge in [-0.2, -0.15) is 0 Å². The molecule has 1 N–H and O–H groups in total. The summed E-state index contributed by atoms with van der Waals surface area (Å²) in [5.41, 5.74) is 1.30. The number of benzene rings is 2.